The highest BCUT2D eigenvalue weighted by Gasteiger charge is 2.10. The SMILES string of the molecule is CCc1ccc(C(=O)NCCc2csc3ccccc23)o1. The third-order valence-corrected chi connectivity index (χ3v) is 4.49. The molecular formula is C17H17NO2S. The zero-order valence-electron chi connectivity index (χ0n) is 11.9. The number of furan rings is 1. The van der Waals surface area contributed by atoms with Crippen molar-refractivity contribution in [3.63, 3.8) is 0 Å². The number of carbonyl (C=O) groups is 1. The molecule has 0 saturated carbocycles. The molecule has 2 aromatic heterocycles. The molecule has 3 nitrogen and oxygen atoms in total. The Hall–Kier alpha value is -2.07. The molecule has 0 spiro atoms. The predicted octanol–water partition coefficient (Wildman–Crippen LogP) is 4.03. The van der Waals surface area contributed by atoms with E-state index in [4.69, 9.17) is 4.42 Å². The van der Waals surface area contributed by atoms with Crippen LogP contribution in [0.2, 0.25) is 0 Å². The summed E-state index contributed by atoms with van der Waals surface area (Å²) in [5.41, 5.74) is 1.28. The number of thiophene rings is 1. The molecule has 0 aliphatic rings. The molecule has 0 aliphatic heterocycles. The maximum absolute atomic E-state index is 12.0. The van der Waals surface area contributed by atoms with Gasteiger partial charge in [-0.2, -0.15) is 0 Å². The Balaban J connectivity index is 1.59. The Morgan fingerprint density at radius 1 is 1.24 bits per heavy atom. The summed E-state index contributed by atoms with van der Waals surface area (Å²) in [6.07, 6.45) is 1.63. The highest BCUT2D eigenvalue weighted by molar-refractivity contribution is 7.17. The zero-order valence-corrected chi connectivity index (χ0v) is 12.7. The smallest absolute Gasteiger partial charge is 0.287 e. The number of benzene rings is 1. The standard InChI is InChI=1S/C17H17NO2S/c1-2-13-7-8-15(20-13)17(19)18-10-9-12-11-21-16-6-4-3-5-14(12)16/h3-8,11H,2,9-10H2,1H3,(H,18,19). The molecule has 0 radical (unpaired) electrons. The normalized spacial score (nSPS) is 10.9. The van der Waals surface area contributed by atoms with Crippen molar-refractivity contribution >= 4 is 27.3 Å². The summed E-state index contributed by atoms with van der Waals surface area (Å²) < 4.78 is 6.73. The van der Waals surface area contributed by atoms with Crippen LogP contribution in [0.15, 0.2) is 46.2 Å². The molecule has 0 saturated heterocycles. The van der Waals surface area contributed by atoms with Gasteiger partial charge in [0.15, 0.2) is 5.76 Å². The molecular weight excluding hydrogens is 282 g/mol. The van der Waals surface area contributed by atoms with Gasteiger partial charge in [0.1, 0.15) is 5.76 Å². The maximum atomic E-state index is 12.0. The quantitative estimate of drug-likeness (QED) is 0.773. The van der Waals surface area contributed by atoms with E-state index in [1.807, 2.05) is 25.1 Å². The second kappa shape index (κ2) is 6.14. The van der Waals surface area contributed by atoms with Crippen molar-refractivity contribution in [2.45, 2.75) is 19.8 Å². The minimum atomic E-state index is -0.144. The molecule has 0 fully saturated rings. The summed E-state index contributed by atoms with van der Waals surface area (Å²) in [5, 5.41) is 6.36. The second-order valence-electron chi connectivity index (χ2n) is 4.88. The maximum Gasteiger partial charge on any atom is 0.287 e. The molecule has 0 unspecified atom stereocenters. The van der Waals surface area contributed by atoms with Crippen LogP contribution in [0.1, 0.15) is 28.8 Å². The third kappa shape index (κ3) is 3.00. The molecule has 108 valence electrons. The first-order chi connectivity index (χ1) is 10.3. The molecule has 3 aromatic rings. The van der Waals surface area contributed by atoms with Crippen LogP contribution in [0.5, 0.6) is 0 Å². The average Bonchev–Trinajstić information content (AvgIpc) is 3.14. The van der Waals surface area contributed by atoms with Crippen molar-refractivity contribution in [2.24, 2.45) is 0 Å². The lowest BCUT2D eigenvalue weighted by molar-refractivity contribution is 0.0925. The highest BCUT2D eigenvalue weighted by atomic mass is 32.1. The van der Waals surface area contributed by atoms with Crippen molar-refractivity contribution < 1.29 is 9.21 Å². The minimum absolute atomic E-state index is 0.144. The van der Waals surface area contributed by atoms with E-state index in [0.29, 0.717) is 12.3 Å². The van der Waals surface area contributed by atoms with Crippen molar-refractivity contribution in [2.75, 3.05) is 6.54 Å². The first-order valence-corrected chi connectivity index (χ1v) is 7.98. The first kappa shape index (κ1) is 13.9. The van der Waals surface area contributed by atoms with Gasteiger partial charge in [-0.15, -0.1) is 11.3 Å². The van der Waals surface area contributed by atoms with Gasteiger partial charge in [0, 0.05) is 17.7 Å². The van der Waals surface area contributed by atoms with Gasteiger partial charge >= 0.3 is 0 Å². The molecule has 0 aliphatic carbocycles. The highest BCUT2D eigenvalue weighted by Crippen LogP contribution is 2.25. The summed E-state index contributed by atoms with van der Waals surface area (Å²) >= 11 is 1.74. The Morgan fingerprint density at radius 2 is 2.10 bits per heavy atom. The number of nitrogens with one attached hydrogen (secondary N) is 1. The molecule has 1 aromatic carbocycles. The summed E-state index contributed by atoms with van der Waals surface area (Å²) in [5.74, 6) is 1.08. The number of aryl methyl sites for hydroxylation is 1. The van der Waals surface area contributed by atoms with Gasteiger partial charge in [-0.3, -0.25) is 4.79 Å². The molecule has 21 heavy (non-hydrogen) atoms. The zero-order chi connectivity index (χ0) is 14.7. The largest absolute Gasteiger partial charge is 0.456 e. The number of rotatable bonds is 5. The van der Waals surface area contributed by atoms with E-state index in [-0.39, 0.29) is 5.91 Å². The van der Waals surface area contributed by atoms with E-state index in [0.717, 1.165) is 18.6 Å². The lowest BCUT2D eigenvalue weighted by atomic mass is 10.1. The monoisotopic (exact) mass is 299 g/mol. The predicted molar refractivity (Wildman–Crippen MR) is 85.9 cm³/mol. The van der Waals surface area contributed by atoms with Crippen molar-refractivity contribution in [3.8, 4) is 0 Å². The van der Waals surface area contributed by atoms with Crippen molar-refractivity contribution in [3.05, 3.63) is 58.9 Å². The molecule has 3 rings (SSSR count). The number of fused-ring (bicyclic) bond motifs is 1. The summed E-state index contributed by atoms with van der Waals surface area (Å²) in [6, 6.07) is 11.9. The van der Waals surface area contributed by atoms with Gasteiger partial charge in [-0.05, 0) is 40.9 Å². The Kier molecular flexibility index (Phi) is 4.06. The Bertz CT molecular complexity index is 757. The van der Waals surface area contributed by atoms with Gasteiger partial charge in [0.05, 0.1) is 0 Å². The van der Waals surface area contributed by atoms with E-state index in [2.05, 4.69) is 22.8 Å². The third-order valence-electron chi connectivity index (χ3n) is 3.47. The van der Waals surface area contributed by atoms with E-state index in [9.17, 15) is 4.79 Å². The summed E-state index contributed by atoms with van der Waals surface area (Å²) in [6.45, 7) is 2.61. The van der Waals surface area contributed by atoms with Crippen LogP contribution in [-0.4, -0.2) is 12.5 Å². The lowest BCUT2D eigenvalue weighted by Crippen LogP contribution is -2.25. The minimum Gasteiger partial charge on any atom is -0.456 e. The van der Waals surface area contributed by atoms with Crippen molar-refractivity contribution in [1.82, 2.24) is 5.32 Å². The topological polar surface area (TPSA) is 42.2 Å². The molecule has 0 atom stereocenters. The number of amides is 1. The number of hydrogen-bond acceptors (Lipinski definition) is 3. The van der Waals surface area contributed by atoms with Crippen LogP contribution in [0.3, 0.4) is 0 Å². The fourth-order valence-corrected chi connectivity index (χ4v) is 3.31. The fraction of sp³-hybridized carbons (Fsp3) is 0.235. The fourth-order valence-electron chi connectivity index (χ4n) is 2.31. The van der Waals surface area contributed by atoms with Gasteiger partial charge < -0.3 is 9.73 Å². The first-order valence-electron chi connectivity index (χ1n) is 7.10. The molecule has 1 N–H and O–H groups in total. The van der Waals surface area contributed by atoms with Crippen LogP contribution < -0.4 is 5.32 Å². The number of carbonyl (C=O) groups excluding carboxylic acids is 1. The average molecular weight is 299 g/mol. The van der Waals surface area contributed by atoms with E-state index < -0.39 is 0 Å². The van der Waals surface area contributed by atoms with Crippen LogP contribution >= 0.6 is 11.3 Å². The van der Waals surface area contributed by atoms with Crippen LogP contribution in [0.4, 0.5) is 0 Å². The molecule has 1 amide bonds. The van der Waals surface area contributed by atoms with Crippen LogP contribution in [-0.2, 0) is 12.8 Å². The second-order valence-corrected chi connectivity index (χ2v) is 5.79. The van der Waals surface area contributed by atoms with Gasteiger partial charge in [-0.25, -0.2) is 0 Å². The lowest BCUT2D eigenvalue weighted by Gasteiger charge is -2.03. The molecule has 0 bridgehead atoms. The molecule has 2 heterocycles. The van der Waals surface area contributed by atoms with Gasteiger partial charge in [0.2, 0.25) is 0 Å². The van der Waals surface area contributed by atoms with Crippen LogP contribution in [0, 0.1) is 0 Å². The van der Waals surface area contributed by atoms with Gasteiger partial charge in [-0.1, -0.05) is 25.1 Å². The van der Waals surface area contributed by atoms with Crippen molar-refractivity contribution in [1.29, 1.82) is 0 Å². The van der Waals surface area contributed by atoms with Gasteiger partial charge in [0.25, 0.3) is 5.91 Å². The number of hydrogen-bond donors (Lipinski definition) is 1. The van der Waals surface area contributed by atoms with Crippen LogP contribution in [0.25, 0.3) is 10.1 Å². The Labute approximate surface area is 127 Å². The molecule has 4 heteroatoms. The van der Waals surface area contributed by atoms with E-state index in [1.165, 1.54) is 15.6 Å². The Morgan fingerprint density at radius 3 is 2.90 bits per heavy atom. The summed E-state index contributed by atoms with van der Waals surface area (Å²) in [7, 11) is 0. The van der Waals surface area contributed by atoms with E-state index in [1.54, 1.807) is 17.4 Å². The summed E-state index contributed by atoms with van der Waals surface area (Å²) in [4.78, 5) is 12.0. The van der Waals surface area contributed by atoms with E-state index >= 15 is 0 Å².